The van der Waals surface area contributed by atoms with Crippen molar-refractivity contribution < 1.29 is 5.11 Å². The zero-order valence-corrected chi connectivity index (χ0v) is 10.0. The van der Waals surface area contributed by atoms with Crippen LogP contribution in [0.5, 0.6) is 0 Å². The van der Waals surface area contributed by atoms with Crippen molar-refractivity contribution >= 4 is 0 Å². The second-order valence-corrected chi connectivity index (χ2v) is 4.47. The van der Waals surface area contributed by atoms with E-state index in [4.69, 9.17) is 0 Å². The molecule has 0 aromatic carbocycles. The molecule has 1 rings (SSSR count). The third kappa shape index (κ3) is 4.01. The number of likely N-dealkylation sites (N-methyl/N-ethyl adjacent to an activating group) is 1. The van der Waals surface area contributed by atoms with Crippen molar-refractivity contribution in [1.82, 2.24) is 14.7 Å². The molecule has 1 aromatic heterocycles. The van der Waals surface area contributed by atoms with Gasteiger partial charge in [0.2, 0.25) is 0 Å². The Morgan fingerprint density at radius 2 is 2.13 bits per heavy atom. The minimum absolute atomic E-state index is 0.282. The molecular weight excluding hydrogens is 190 g/mol. The van der Waals surface area contributed by atoms with Crippen molar-refractivity contribution in [2.45, 2.75) is 39.5 Å². The average Bonchev–Trinajstić information content (AvgIpc) is 2.50. The molecular formula is C11H21N3O. The van der Waals surface area contributed by atoms with E-state index in [1.165, 1.54) is 5.56 Å². The third-order valence-corrected chi connectivity index (χ3v) is 2.21. The molecule has 1 atom stereocenters. The van der Waals surface area contributed by atoms with Crippen molar-refractivity contribution in [2.75, 3.05) is 13.6 Å². The van der Waals surface area contributed by atoms with Crippen LogP contribution in [0.2, 0.25) is 0 Å². The van der Waals surface area contributed by atoms with Crippen molar-refractivity contribution in [3.63, 3.8) is 0 Å². The van der Waals surface area contributed by atoms with Gasteiger partial charge in [0.05, 0.1) is 12.3 Å². The Bertz CT molecular complexity index is 294. The van der Waals surface area contributed by atoms with E-state index in [9.17, 15) is 5.11 Å². The predicted molar refractivity (Wildman–Crippen MR) is 60.6 cm³/mol. The van der Waals surface area contributed by atoms with Crippen LogP contribution in [0.3, 0.4) is 0 Å². The van der Waals surface area contributed by atoms with E-state index < -0.39 is 0 Å². The summed E-state index contributed by atoms with van der Waals surface area (Å²) in [4.78, 5) is 2.09. The van der Waals surface area contributed by atoms with Crippen LogP contribution in [0.4, 0.5) is 0 Å². The zero-order chi connectivity index (χ0) is 11.4. The second-order valence-electron chi connectivity index (χ2n) is 4.47. The van der Waals surface area contributed by atoms with Crippen molar-refractivity contribution in [3.8, 4) is 0 Å². The van der Waals surface area contributed by atoms with Crippen LogP contribution < -0.4 is 0 Å². The first kappa shape index (κ1) is 12.2. The third-order valence-electron chi connectivity index (χ3n) is 2.21. The summed E-state index contributed by atoms with van der Waals surface area (Å²) in [5.41, 5.74) is 1.19. The summed E-state index contributed by atoms with van der Waals surface area (Å²) in [5, 5.41) is 13.5. The molecule has 4 nitrogen and oxygen atoms in total. The lowest BCUT2D eigenvalue weighted by Gasteiger charge is -2.17. The lowest BCUT2D eigenvalue weighted by molar-refractivity contribution is 0.138. The number of aliphatic hydroxyl groups is 1. The molecule has 86 valence electrons. The summed E-state index contributed by atoms with van der Waals surface area (Å²) in [6.07, 6.45) is 3.66. The fourth-order valence-electron chi connectivity index (χ4n) is 1.57. The minimum atomic E-state index is -0.282. The highest BCUT2D eigenvalue weighted by molar-refractivity contribution is 5.03. The number of hydrogen-bond acceptors (Lipinski definition) is 3. The van der Waals surface area contributed by atoms with E-state index in [0.717, 1.165) is 6.54 Å². The molecule has 1 N–H and O–H groups in total. The molecule has 0 aliphatic heterocycles. The van der Waals surface area contributed by atoms with E-state index >= 15 is 0 Å². The van der Waals surface area contributed by atoms with Gasteiger partial charge in [0.25, 0.3) is 0 Å². The molecule has 0 amide bonds. The van der Waals surface area contributed by atoms with Gasteiger partial charge in [0.1, 0.15) is 0 Å². The molecule has 0 fully saturated rings. The van der Waals surface area contributed by atoms with Crippen LogP contribution in [0, 0.1) is 0 Å². The molecule has 0 aliphatic rings. The molecule has 0 unspecified atom stereocenters. The molecule has 0 radical (unpaired) electrons. The smallest absolute Gasteiger partial charge is 0.0639 e. The van der Waals surface area contributed by atoms with Crippen LogP contribution in [0.15, 0.2) is 12.4 Å². The summed E-state index contributed by atoms with van der Waals surface area (Å²) in [7, 11) is 2.00. The highest BCUT2D eigenvalue weighted by Gasteiger charge is 2.06. The Hall–Kier alpha value is -0.870. The maximum absolute atomic E-state index is 9.23. The summed E-state index contributed by atoms with van der Waals surface area (Å²) in [5.74, 6) is 0. The van der Waals surface area contributed by atoms with E-state index in [1.807, 2.05) is 17.9 Å². The molecule has 0 saturated heterocycles. The van der Waals surface area contributed by atoms with Crippen LogP contribution in [0.1, 0.15) is 32.4 Å². The summed E-state index contributed by atoms with van der Waals surface area (Å²) < 4.78 is 1.95. The predicted octanol–water partition coefficient (Wildman–Crippen LogP) is 1.28. The first-order valence-electron chi connectivity index (χ1n) is 5.38. The van der Waals surface area contributed by atoms with Crippen LogP contribution in [-0.4, -0.2) is 39.5 Å². The molecule has 0 spiro atoms. The van der Waals surface area contributed by atoms with E-state index in [-0.39, 0.29) is 6.10 Å². The van der Waals surface area contributed by atoms with Gasteiger partial charge in [0, 0.05) is 30.9 Å². The van der Waals surface area contributed by atoms with Crippen LogP contribution in [0.25, 0.3) is 0 Å². The van der Waals surface area contributed by atoms with Gasteiger partial charge >= 0.3 is 0 Å². The zero-order valence-electron chi connectivity index (χ0n) is 10.0. The number of hydrogen-bond donors (Lipinski definition) is 1. The van der Waals surface area contributed by atoms with Crippen molar-refractivity contribution in [1.29, 1.82) is 0 Å². The normalized spacial score (nSPS) is 13.8. The quantitative estimate of drug-likeness (QED) is 0.797. The topological polar surface area (TPSA) is 41.3 Å². The molecule has 0 saturated carbocycles. The highest BCUT2D eigenvalue weighted by atomic mass is 16.3. The maximum atomic E-state index is 9.23. The van der Waals surface area contributed by atoms with Gasteiger partial charge in [-0.15, -0.1) is 0 Å². The molecule has 1 heterocycles. The molecule has 0 bridgehead atoms. The summed E-state index contributed by atoms with van der Waals surface area (Å²) >= 11 is 0. The Morgan fingerprint density at radius 3 is 2.60 bits per heavy atom. The highest BCUT2D eigenvalue weighted by Crippen LogP contribution is 2.07. The van der Waals surface area contributed by atoms with Crippen molar-refractivity contribution in [3.05, 3.63) is 18.0 Å². The van der Waals surface area contributed by atoms with Gasteiger partial charge in [0.15, 0.2) is 0 Å². The fraction of sp³-hybridized carbons (Fsp3) is 0.727. The first-order chi connectivity index (χ1) is 6.99. The Kier molecular flexibility index (Phi) is 4.29. The Labute approximate surface area is 91.5 Å². The van der Waals surface area contributed by atoms with Gasteiger partial charge in [-0.1, -0.05) is 0 Å². The maximum Gasteiger partial charge on any atom is 0.0639 e. The molecule has 0 aliphatic carbocycles. The lowest BCUT2D eigenvalue weighted by Crippen LogP contribution is -2.26. The lowest BCUT2D eigenvalue weighted by atomic mass is 10.3. The van der Waals surface area contributed by atoms with Crippen LogP contribution in [-0.2, 0) is 6.54 Å². The molecule has 4 heteroatoms. The fourth-order valence-corrected chi connectivity index (χ4v) is 1.57. The van der Waals surface area contributed by atoms with Gasteiger partial charge in [-0.3, -0.25) is 9.58 Å². The van der Waals surface area contributed by atoms with Gasteiger partial charge in [-0.05, 0) is 27.8 Å². The second kappa shape index (κ2) is 5.28. The van der Waals surface area contributed by atoms with E-state index in [1.54, 1.807) is 6.92 Å². The Morgan fingerprint density at radius 1 is 1.47 bits per heavy atom. The van der Waals surface area contributed by atoms with Gasteiger partial charge < -0.3 is 5.11 Å². The van der Waals surface area contributed by atoms with Gasteiger partial charge in [-0.2, -0.15) is 5.10 Å². The standard InChI is InChI=1S/C11H21N3O/c1-9(2)14-8-11(5-12-14)7-13(4)6-10(3)15/h5,8-10,15H,6-7H2,1-4H3/t10-/m1/s1. The summed E-state index contributed by atoms with van der Waals surface area (Å²) in [6, 6.07) is 0.404. The molecule has 1 aromatic rings. The number of aromatic nitrogens is 2. The van der Waals surface area contributed by atoms with E-state index in [2.05, 4.69) is 30.0 Å². The van der Waals surface area contributed by atoms with E-state index in [0.29, 0.717) is 12.6 Å². The number of aliphatic hydroxyl groups excluding tert-OH is 1. The Balaban J connectivity index is 2.49. The average molecular weight is 211 g/mol. The van der Waals surface area contributed by atoms with Crippen LogP contribution >= 0.6 is 0 Å². The number of rotatable bonds is 5. The SMILES string of the molecule is CC(C)n1cc(CN(C)C[C@@H](C)O)cn1. The largest absolute Gasteiger partial charge is 0.392 e. The minimum Gasteiger partial charge on any atom is -0.392 e. The van der Waals surface area contributed by atoms with Gasteiger partial charge in [-0.25, -0.2) is 0 Å². The first-order valence-corrected chi connectivity index (χ1v) is 5.38. The molecule has 15 heavy (non-hydrogen) atoms. The number of nitrogens with zero attached hydrogens (tertiary/aromatic N) is 3. The monoisotopic (exact) mass is 211 g/mol. The summed E-state index contributed by atoms with van der Waals surface area (Å²) in [6.45, 7) is 7.53. The van der Waals surface area contributed by atoms with Crippen molar-refractivity contribution in [2.24, 2.45) is 0 Å².